The molecule has 30 heavy (non-hydrogen) atoms. The third-order valence-electron chi connectivity index (χ3n) is 5.89. The summed E-state index contributed by atoms with van der Waals surface area (Å²) in [7, 11) is 0. The van der Waals surface area contributed by atoms with Gasteiger partial charge in [0.2, 0.25) is 5.95 Å². The first kappa shape index (κ1) is 20.1. The summed E-state index contributed by atoms with van der Waals surface area (Å²) in [5.41, 5.74) is 0.663. The highest BCUT2D eigenvalue weighted by Gasteiger charge is 2.45. The molecule has 2 aliphatic rings. The van der Waals surface area contributed by atoms with Crippen molar-refractivity contribution in [2.24, 2.45) is 5.92 Å². The van der Waals surface area contributed by atoms with Gasteiger partial charge in [0.25, 0.3) is 0 Å². The van der Waals surface area contributed by atoms with Gasteiger partial charge in [-0.05, 0) is 43.4 Å². The second-order valence-electron chi connectivity index (χ2n) is 8.29. The van der Waals surface area contributed by atoms with Gasteiger partial charge in [0, 0.05) is 11.8 Å². The Morgan fingerprint density at radius 1 is 1.33 bits per heavy atom. The van der Waals surface area contributed by atoms with Crippen LogP contribution in [-0.2, 0) is 10.2 Å². The van der Waals surface area contributed by atoms with Gasteiger partial charge in [-0.15, -0.1) is 0 Å². The molecular weight excluding hydrogens is 385 g/mol. The van der Waals surface area contributed by atoms with Crippen molar-refractivity contribution in [3.8, 4) is 6.07 Å². The second-order valence-corrected chi connectivity index (χ2v) is 8.29. The van der Waals surface area contributed by atoms with E-state index in [-0.39, 0.29) is 17.8 Å². The van der Waals surface area contributed by atoms with E-state index in [1.165, 1.54) is 11.0 Å². The average Bonchev–Trinajstić information content (AvgIpc) is 3.43. The number of benzene rings is 1. The van der Waals surface area contributed by atoms with E-state index < -0.39 is 17.6 Å². The number of nitriles is 1. The number of amides is 1. The molecule has 2 heterocycles. The van der Waals surface area contributed by atoms with Crippen molar-refractivity contribution >= 4 is 17.9 Å². The molecule has 1 amide bonds. The van der Waals surface area contributed by atoms with E-state index in [1.807, 2.05) is 26.8 Å². The quantitative estimate of drug-likeness (QED) is 0.764. The summed E-state index contributed by atoms with van der Waals surface area (Å²) in [6, 6.07) is 8.41. The Hall–Kier alpha value is -3.21. The first-order chi connectivity index (χ1) is 14.3. The van der Waals surface area contributed by atoms with Gasteiger partial charge in [-0.3, -0.25) is 4.90 Å². The van der Waals surface area contributed by atoms with E-state index in [9.17, 15) is 14.4 Å². The molecular formula is C22H24FN5O2. The predicted octanol–water partition coefficient (Wildman–Crippen LogP) is 4.33. The number of carbonyl (C=O) groups is 1. The topological polar surface area (TPSA) is 91.1 Å². The van der Waals surface area contributed by atoms with Gasteiger partial charge in [-0.25, -0.2) is 14.2 Å². The molecule has 7 nitrogen and oxygen atoms in total. The largest absolute Gasteiger partial charge is 0.447 e. The van der Waals surface area contributed by atoms with Crippen LogP contribution in [0.25, 0.3) is 0 Å². The van der Waals surface area contributed by atoms with Crippen molar-refractivity contribution in [1.29, 1.82) is 5.26 Å². The molecule has 156 valence electrons. The highest BCUT2D eigenvalue weighted by molar-refractivity contribution is 5.89. The maximum absolute atomic E-state index is 14.8. The lowest BCUT2D eigenvalue weighted by Gasteiger charge is -2.24. The molecule has 0 spiro atoms. The van der Waals surface area contributed by atoms with Crippen molar-refractivity contribution in [2.45, 2.75) is 51.1 Å². The number of halogens is 1. The molecule has 2 atom stereocenters. The summed E-state index contributed by atoms with van der Waals surface area (Å²) < 4.78 is 19.9. The summed E-state index contributed by atoms with van der Waals surface area (Å²) in [4.78, 5) is 22.4. The summed E-state index contributed by atoms with van der Waals surface area (Å²) in [6.45, 7) is 6.17. The first-order valence-corrected chi connectivity index (χ1v) is 10.1. The number of nitrogens with zero attached hydrogens (tertiary/aromatic N) is 4. The molecule has 1 saturated heterocycles. The Morgan fingerprint density at radius 3 is 2.73 bits per heavy atom. The Kier molecular flexibility index (Phi) is 5.06. The van der Waals surface area contributed by atoms with Gasteiger partial charge in [0.15, 0.2) is 0 Å². The van der Waals surface area contributed by atoms with Gasteiger partial charge < -0.3 is 10.1 Å². The van der Waals surface area contributed by atoms with Crippen molar-refractivity contribution < 1.29 is 13.9 Å². The van der Waals surface area contributed by atoms with Crippen LogP contribution in [0.4, 0.5) is 21.0 Å². The monoisotopic (exact) mass is 409 g/mol. The lowest BCUT2D eigenvalue weighted by atomic mass is 9.95. The fourth-order valence-corrected chi connectivity index (χ4v) is 3.78. The minimum Gasteiger partial charge on any atom is -0.447 e. The van der Waals surface area contributed by atoms with Crippen molar-refractivity contribution in [3.63, 3.8) is 0 Å². The minimum atomic E-state index is -0.523. The summed E-state index contributed by atoms with van der Waals surface area (Å²) in [5, 5.41) is 12.4. The second kappa shape index (κ2) is 7.56. The number of ether oxygens (including phenoxy) is 1. The number of aromatic nitrogens is 2. The van der Waals surface area contributed by atoms with Crippen LogP contribution in [0.3, 0.4) is 0 Å². The standard InChI is InChI=1S/C22H24FN5O2/c1-13(2)18-11-30-21(29)28(18)19-6-9-25-20(27-19)26-14(3)16-5-4-15(10-17(16)23)22(12-24)7-8-22/h4-6,9-10,13-14,18H,7-8,11H2,1-3H3,(H,25,26,27)/t14-,18?/m0/s1. The number of rotatable bonds is 6. The van der Waals surface area contributed by atoms with E-state index in [2.05, 4.69) is 21.4 Å². The summed E-state index contributed by atoms with van der Waals surface area (Å²) in [6.07, 6.45) is 2.67. The highest BCUT2D eigenvalue weighted by atomic mass is 19.1. The molecule has 1 N–H and O–H groups in total. The van der Waals surface area contributed by atoms with Crippen LogP contribution in [0.1, 0.15) is 50.8 Å². The molecule has 2 fully saturated rings. The molecule has 1 saturated carbocycles. The Balaban J connectivity index is 1.53. The zero-order valence-corrected chi connectivity index (χ0v) is 17.2. The van der Waals surface area contributed by atoms with Gasteiger partial charge in [0.1, 0.15) is 18.2 Å². The van der Waals surface area contributed by atoms with E-state index in [0.717, 1.165) is 18.4 Å². The Labute approximate surface area is 174 Å². The lowest BCUT2D eigenvalue weighted by Crippen LogP contribution is -2.37. The number of cyclic esters (lactones) is 1. The van der Waals surface area contributed by atoms with Gasteiger partial charge in [-0.2, -0.15) is 10.2 Å². The van der Waals surface area contributed by atoms with Gasteiger partial charge in [-0.1, -0.05) is 26.0 Å². The third-order valence-corrected chi connectivity index (χ3v) is 5.89. The highest BCUT2D eigenvalue weighted by Crippen LogP contribution is 2.47. The molecule has 1 aliphatic heterocycles. The molecule has 4 rings (SSSR count). The van der Waals surface area contributed by atoms with E-state index >= 15 is 0 Å². The van der Waals surface area contributed by atoms with Crippen LogP contribution >= 0.6 is 0 Å². The fourth-order valence-electron chi connectivity index (χ4n) is 3.78. The maximum Gasteiger partial charge on any atom is 0.415 e. The average molecular weight is 409 g/mol. The number of nitrogens with one attached hydrogen (secondary N) is 1. The Bertz CT molecular complexity index is 1010. The molecule has 1 aromatic carbocycles. The summed E-state index contributed by atoms with van der Waals surface area (Å²) in [5.74, 6) is 0.577. The molecule has 1 unspecified atom stereocenters. The molecule has 2 aromatic rings. The first-order valence-electron chi connectivity index (χ1n) is 10.1. The SMILES string of the molecule is CC(C)C1COC(=O)N1c1ccnc(N[C@@H](C)c2ccc(C3(C#N)CC3)cc2F)n1. The van der Waals surface area contributed by atoms with Crippen LogP contribution < -0.4 is 10.2 Å². The zero-order chi connectivity index (χ0) is 21.5. The molecule has 0 bridgehead atoms. The molecule has 1 aromatic heterocycles. The van der Waals surface area contributed by atoms with Gasteiger partial charge in [0.05, 0.1) is 23.6 Å². The smallest absolute Gasteiger partial charge is 0.415 e. The number of carbonyl (C=O) groups excluding carboxylic acids is 1. The molecule has 1 aliphatic carbocycles. The van der Waals surface area contributed by atoms with Crippen LogP contribution in [0.15, 0.2) is 30.5 Å². The van der Waals surface area contributed by atoms with E-state index in [0.29, 0.717) is 23.9 Å². The summed E-state index contributed by atoms with van der Waals surface area (Å²) >= 11 is 0. The van der Waals surface area contributed by atoms with Crippen LogP contribution in [0.2, 0.25) is 0 Å². The van der Waals surface area contributed by atoms with Crippen molar-refractivity contribution in [3.05, 3.63) is 47.4 Å². The lowest BCUT2D eigenvalue weighted by molar-refractivity contribution is 0.177. The molecule has 0 radical (unpaired) electrons. The normalized spacial score (nSPS) is 20.6. The number of hydrogen-bond donors (Lipinski definition) is 1. The maximum atomic E-state index is 14.8. The third kappa shape index (κ3) is 3.56. The minimum absolute atomic E-state index is 0.0995. The Morgan fingerprint density at radius 2 is 2.10 bits per heavy atom. The molecule has 8 heteroatoms. The van der Waals surface area contributed by atoms with Crippen LogP contribution in [0.5, 0.6) is 0 Å². The van der Waals surface area contributed by atoms with Crippen molar-refractivity contribution in [1.82, 2.24) is 9.97 Å². The predicted molar refractivity (Wildman–Crippen MR) is 109 cm³/mol. The van der Waals surface area contributed by atoms with Crippen molar-refractivity contribution in [2.75, 3.05) is 16.8 Å². The fraction of sp³-hybridized carbons (Fsp3) is 0.455. The van der Waals surface area contributed by atoms with E-state index in [1.54, 1.807) is 18.3 Å². The van der Waals surface area contributed by atoms with Crippen LogP contribution in [-0.4, -0.2) is 28.7 Å². The zero-order valence-electron chi connectivity index (χ0n) is 17.2. The van der Waals surface area contributed by atoms with E-state index in [4.69, 9.17) is 4.74 Å². The van der Waals surface area contributed by atoms with Crippen LogP contribution in [0, 0.1) is 23.1 Å². The van der Waals surface area contributed by atoms with Gasteiger partial charge >= 0.3 is 6.09 Å². The number of hydrogen-bond acceptors (Lipinski definition) is 6. The number of anilines is 2.